The molecular formula is C10H11N3O4S. The number of ether oxygens (including phenoxy) is 1. The second-order valence-electron chi connectivity index (χ2n) is 3.51. The van der Waals surface area contributed by atoms with Gasteiger partial charge in [-0.25, -0.2) is 13.4 Å². The number of aliphatic imine (C=N–C) groups is 1. The summed E-state index contributed by atoms with van der Waals surface area (Å²) in [5, 5.41) is 0. The molecule has 1 heterocycles. The van der Waals surface area contributed by atoms with E-state index in [0.717, 1.165) is 0 Å². The highest BCUT2D eigenvalue weighted by Gasteiger charge is 2.35. The van der Waals surface area contributed by atoms with Crippen LogP contribution in [0.4, 0.5) is 0 Å². The summed E-state index contributed by atoms with van der Waals surface area (Å²) in [5.74, 6) is -0.456. The Morgan fingerprint density at radius 2 is 1.94 bits per heavy atom. The Hall–Kier alpha value is -2.09. The fourth-order valence-corrected chi connectivity index (χ4v) is 2.84. The van der Waals surface area contributed by atoms with Crippen LogP contribution < -0.4 is 10.5 Å². The summed E-state index contributed by atoms with van der Waals surface area (Å²) in [6.07, 6.45) is 0. The second kappa shape index (κ2) is 4.30. The minimum atomic E-state index is -3.99. The number of amides is 1. The Labute approximate surface area is 104 Å². The van der Waals surface area contributed by atoms with Gasteiger partial charge in [0.2, 0.25) is 5.96 Å². The van der Waals surface area contributed by atoms with Crippen molar-refractivity contribution in [1.29, 1.82) is 0 Å². The Morgan fingerprint density at radius 3 is 2.39 bits per heavy atom. The van der Waals surface area contributed by atoms with Gasteiger partial charge in [-0.15, -0.1) is 0 Å². The summed E-state index contributed by atoms with van der Waals surface area (Å²) in [4.78, 5) is 15.0. The summed E-state index contributed by atoms with van der Waals surface area (Å²) in [6, 6.07) is 5.65. The van der Waals surface area contributed by atoms with Crippen LogP contribution in [0.15, 0.2) is 34.2 Å². The number of carbonyl (C=O) groups is 1. The van der Waals surface area contributed by atoms with E-state index in [1.54, 1.807) is 0 Å². The standard InChI is InChI=1S/C10H11N3O4S/c1-17-7-2-4-8(5-3-7)18(15,16)13-9(14)6-12-10(13)11/h2-5H,6H2,1H3,(H2,11,12). The van der Waals surface area contributed by atoms with E-state index >= 15 is 0 Å². The molecule has 1 aliphatic rings. The number of nitrogens with zero attached hydrogens (tertiary/aromatic N) is 2. The minimum Gasteiger partial charge on any atom is -0.497 e. The summed E-state index contributed by atoms with van der Waals surface area (Å²) in [5.41, 5.74) is 5.40. The number of benzene rings is 1. The minimum absolute atomic E-state index is 0.0447. The largest absolute Gasteiger partial charge is 0.497 e. The van der Waals surface area contributed by atoms with Crippen molar-refractivity contribution in [3.8, 4) is 5.75 Å². The van der Waals surface area contributed by atoms with E-state index < -0.39 is 15.9 Å². The maximum Gasteiger partial charge on any atom is 0.273 e. The molecule has 0 saturated carbocycles. The van der Waals surface area contributed by atoms with Crippen LogP contribution in [0.5, 0.6) is 5.75 Å². The van der Waals surface area contributed by atoms with Gasteiger partial charge in [0.05, 0.1) is 12.0 Å². The van der Waals surface area contributed by atoms with Gasteiger partial charge in [0.1, 0.15) is 12.3 Å². The Morgan fingerprint density at radius 1 is 1.33 bits per heavy atom. The van der Waals surface area contributed by atoms with Crippen molar-refractivity contribution in [3.63, 3.8) is 0 Å². The number of hydrogen-bond acceptors (Lipinski definition) is 6. The number of nitrogens with two attached hydrogens (primary N) is 1. The first-order valence-electron chi connectivity index (χ1n) is 4.99. The molecule has 2 N–H and O–H groups in total. The predicted molar refractivity (Wildman–Crippen MR) is 63.5 cm³/mol. The van der Waals surface area contributed by atoms with Gasteiger partial charge in [-0.1, -0.05) is 0 Å². The van der Waals surface area contributed by atoms with Crippen molar-refractivity contribution < 1.29 is 17.9 Å². The van der Waals surface area contributed by atoms with Crippen molar-refractivity contribution in [2.45, 2.75) is 4.90 Å². The van der Waals surface area contributed by atoms with Gasteiger partial charge in [-0.05, 0) is 24.3 Å². The van der Waals surface area contributed by atoms with Gasteiger partial charge < -0.3 is 10.5 Å². The van der Waals surface area contributed by atoms with Crippen LogP contribution in [-0.2, 0) is 14.8 Å². The van der Waals surface area contributed by atoms with Gasteiger partial charge >= 0.3 is 0 Å². The molecule has 18 heavy (non-hydrogen) atoms. The third kappa shape index (κ3) is 1.90. The number of rotatable bonds is 3. The molecule has 2 rings (SSSR count). The van der Waals surface area contributed by atoms with Crippen molar-refractivity contribution in [2.24, 2.45) is 10.7 Å². The molecule has 0 spiro atoms. The third-order valence-corrected chi connectivity index (χ3v) is 4.15. The summed E-state index contributed by atoms with van der Waals surface area (Å²) < 4.78 is 29.8. The highest BCUT2D eigenvalue weighted by molar-refractivity contribution is 7.90. The number of sulfonamides is 1. The van der Waals surface area contributed by atoms with Crippen LogP contribution in [0.25, 0.3) is 0 Å². The molecule has 1 aliphatic heterocycles. The molecule has 8 heteroatoms. The van der Waals surface area contributed by atoms with Gasteiger partial charge in [0.15, 0.2) is 0 Å². The van der Waals surface area contributed by atoms with Crippen LogP contribution in [0.2, 0.25) is 0 Å². The van der Waals surface area contributed by atoms with Gasteiger partial charge in [-0.2, -0.15) is 4.31 Å². The number of guanidine groups is 1. The monoisotopic (exact) mass is 269 g/mol. The first kappa shape index (κ1) is 12.4. The van der Waals surface area contributed by atoms with Crippen molar-refractivity contribution in [1.82, 2.24) is 4.31 Å². The van der Waals surface area contributed by atoms with E-state index in [9.17, 15) is 13.2 Å². The molecule has 0 unspecified atom stereocenters. The normalized spacial score (nSPS) is 15.7. The quantitative estimate of drug-likeness (QED) is 0.800. The Balaban J connectivity index is 2.42. The third-order valence-electron chi connectivity index (χ3n) is 2.41. The molecule has 0 saturated heterocycles. The van der Waals surface area contributed by atoms with Gasteiger partial charge in [-0.3, -0.25) is 4.79 Å². The lowest BCUT2D eigenvalue weighted by Gasteiger charge is -2.15. The van der Waals surface area contributed by atoms with E-state index in [0.29, 0.717) is 10.1 Å². The average Bonchev–Trinajstić information content (AvgIpc) is 2.69. The first-order valence-corrected chi connectivity index (χ1v) is 6.43. The first-order chi connectivity index (χ1) is 8.46. The van der Waals surface area contributed by atoms with E-state index in [4.69, 9.17) is 10.5 Å². The molecular weight excluding hydrogens is 258 g/mol. The molecule has 0 fully saturated rings. The zero-order chi connectivity index (χ0) is 13.3. The van der Waals surface area contributed by atoms with Crippen LogP contribution in [0, 0.1) is 0 Å². The summed E-state index contributed by atoms with van der Waals surface area (Å²) in [6.45, 7) is -0.249. The number of carbonyl (C=O) groups excluding carboxylic acids is 1. The molecule has 1 aromatic rings. The van der Waals surface area contributed by atoms with E-state index in [-0.39, 0.29) is 17.4 Å². The molecule has 0 atom stereocenters. The van der Waals surface area contributed by atoms with Crippen LogP contribution in [-0.4, -0.2) is 38.2 Å². The van der Waals surface area contributed by atoms with Crippen molar-refractivity contribution in [2.75, 3.05) is 13.7 Å². The maximum atomic E-state index is 12.2. The van der Waals surface area contributed by atoms with Crippen LogP contribution in [0.1, 0.15) is 0 Å². The molecule has 0 aromatic heterocycles. The lowest BCUT2D eigenvalue weighted by atomic mass is 10.3. The highest BCUT2D eigenvalue weighted by Crippen LogP contribution is 2.21. The average molecular weight is 269 g/mol. The predicted octanol–water partition coefficient (Wildman–Crippen LogP) is -0.459. The maximum absolute atomic E-state index is 12.2. The zero-order valence-electron chi connectivity index (χ0n) is 9.53. The molecule has 7 nitrogen and oxygen atoms in total. The van der Waals surface area contributed by atoms with Crippen LogP contribution in [0.3, 0.4) is 0 Å². The van der Waals surface area contributed by atoms with Crippen LogP contribution >= 0.6 is 0 Å². The fraction of sp³-hybridized carbons (Fsp3) is 0.200. The van der Waals surface area contributed by atoms with Crippen molar-refractivity contribution in [3.05, 3.63) is 24.3 Å². The lowest BCUT2D eigenvalue weighted by molar-refractivity contribution is -0.121. The summed E-state index contributed by atoms with van der Waals surface area (Å²) >= 11 is 0. The molecule has 0 bridgehead atoms. The molecule has 0 radical (unpaired) electrons. The molecule has 1 aromatic carbocycles. The van der Waals surface area contributed by atoms with Gasteiger partial charge in [0.25, 0.3) is 15.9 Å². The van der Waals surface area contributed by atoms with E-state index in [1.807, 2.05) is 0 Å². The number of methoxy groups -OCH3 is 1. The Kier molecular flexibility index (Phi) is 2.95. The van der Waals surface area contributed by atoms with Crippen molar-refractivity contribution >= 4 is 21.9 Å². The molecule has 1 amide bonds. The fourth-order valence-electron chi connectivity index (χ4n) is 1.52. The van der Waals surface area contributed by atoms with Gasteiger partial charge in [0, 0.05) is 0 Å². The van der Waals surface area contributed by atoms with E-state index in [1.165, 1.54) is 31.4 Å². The molecule has 96 valence electrons. The topological polar surface area (TPSA) is 102 Å². The smallest absolute Gasteiger partial charge is 0.273 e. The Bertz CT molecular complexity index is 607. The zero-order valence-corrected chi connectivity index (χ0v) is 10.3. The number of hydrogen-bond donors (Lipinski definition) is 1. The molecule has 0 aliphatic carbocycles. The summed E-state index contributed by atoms with van der Waals surface area (Å²) in [7, 11) is -2.52. The highest BCUT2D eigenvalue weighted by atomic mass is 32.2. The second-order valence-corrected chi connectivity index (χ2v) is 5.30. The lowest BCUT2D eigenvalue weighted by Crippen LogP contribution is -2.42. The SMILES string of the molecule is COc1ccc(S(=O)(=O)N2C(=O)CN=C2N)cc1. The van der Waals surface area contributed by atoms with E-state index in [2.05, 4.69) is 4.99 Å².